The van der Waals surface area contributed by atoms with Gasteiger partial charge in [0, 0.05) is 39.1 Å². The van der Waals surface area contributed by atoms with Gasteiger partial charge in [-0.2, -0.15) is 0 Å². The molecule has 0 saturated heterocycles. The second-order valence-corrected chi connectivity index (χ2v) is 7.16. The highest BCUT2D eigenvalue weighted by atomic mass is 16.1. The maximum Gasteiger partial charge on any atom is 0.269 e. The first-order valence-electron chi connectivity index (χ1n) is 9.66. The van der Waals surface area contributed by atoms with Crippen LogP contribution in [0.2, 0.25) is 0 Å². The van der Waals surface area contributed by atoms with Crippen LogP contribution in [0.15, 0.2) is 47.5 Å². The lowest BCUT2D eigenvalue weighted by molar-refractivity contribution is 0.0958. The number of H-pyrrole nitrogens is 1. The molecule has 0 saturated carbocycles. The van der Waals surface area contributed by atoms with Crippen molar-refractivity contribution in [3.8, 4) is 12.3 Å². The first kappa shape index (κ1) is 19.6. The number of carbonyl (C=O) groups excluding carboxylic acids is 1. The minimum atomic E-state index is -0.273. The van der Waals surface area contributed by atoms with Gasteiger partial charge in [0.25, 0.3) is 11.5 Å². The Hall–Kier alpha value is -3.76. The van der Waals surface area contributed by atoms with E-state index in [9.17, 15) is 9.59 Å². The highest BCUT2D eigenvalue weighted by molar-refractivity contribution is 5.92. The summed E-state index contributed by atoms with van der Waals surface area (Å²) in [5, 5.41) is 2.57. The highest BCUT2D eigenvalue weighted by Gasteiger charge is 2.15. The van der Waals surface area contributed by atoms with Gasteiger partial charge in [0.1, 0.15) is 5.69 Å². The molecule has 0 atom stereocenters. The first-order chi connectivity index (χ1) is 14.6. The molecular weight excluding hydrogens is 378 g/mol. The van der Waals surface area contributed by atoms with Gasteiger partial charge in [-0.15, -0.1) is 6.42 Å². The Bertz CT molecular complexity index is 1240. The lowest BCUT2D eigenvalue weighted by Gasteiger charge is -2.26. The summed E-state index contributed by atoms with van der Waals surface area (Å²) in [7, 11) is 1.59. The molecular formula is C23H21N5O2. The van der Waals surface area contributed by atoms with E-state index in [0.29, 0.717) is 16.7 Å². The number of terminal acetylenes is 1. The van der Waals surface area contributed by atoms with Crippen molar-refractivity contribution in [3.63, 3.8) is 0 Å². The third-order valence-corrected chi connectivity index (χ3v) is 5.20. The average molecular weight is 399 g/mol. The van der Waals surface area contributed by atoms with Gasteiger partial charge in [-0.1, -0.05) is 18.1 Å². The second kappa shape index (κ2) is 8.31. The van der Waals surface area contributed by atoms with E-state index in [4.69, 9.17) is 6.42 Å². The van der Waals surface area contributed by atoms with Gasteiger partial charge in [-0.3, -0.25) is 24.5 Å². The number of amides is 1. The maximum absolute atomic E-state index is 11.9. The van der Waals surface area contributed by atoms with E-state index in [0.717, 1.165) is 37.2 Å². The lowest BCUT2D eigenvalue weighted by Crippen LogP contribution is -2.28. The van der Waals surface area contributed by atoms with Gasteiger partial charge in [0.15, 0.2) is 0 Å². The van der Waals surface area contributed by atoms with E-state index in [2.05, 4.69) is 37.2 Å². The molecule has 7 heteroatoms. The molecule has 0 bridgehead atoms. The Morgan fingerprint density at radius 2 is 2.17 bits per heavy atom. The summed E-state index contributed by atoms with van der Waals surface area (Å²) in [5.41, 5.74) is 5.09. The molecule has 0 aliphatic carbocycles. The van der Waals surface area contributed by atoms with Crippen molar-refractivity contribution in [2.24, 2.45) is 0 Å². The number of rotatable bonds is 4. The molecule has 3 aromatic heterocycles. The minimum absolute atomic E-state index is 0.189. The van der Waals surface area contributed by atoms with Crippen LogP contribution in [0.5, 0.6) is 0 Å². The smallest absolute Gasteiger partial charge is 0.269 e. The standard InChI is InChI=1S/C23H21N5O2/c1-3-16-11-20-21(27-22(16)29)10-15(12-25-20)14-28-8-6-17(7-9-28)18-4-5-19(26-13-18)23(30)24-2/h1,4-6,10-13H,7-9,14H2,2H3,(H,24,30)(H,27,29). The maximum atomic E-state index is 11.9. The molecule has 4 rings (SSSR count). The van der Waals surface area contributed by atoms with E-state index in [-0.39, 0.29) is 17.0 Å². The summed E-state index contributed by atoms with van der Waals surface area (Å²) in [5.74, 6) is 2.19. The topological polar surface area (TPSA) is 91.0 Å². The van der Waals surface area contributed by atoms with E-state index in [1.54, 1.807) is 25.4 Å². The zero-order chi connectivity index (χ0) is 21.1. The molecule has 150 valence electrons. The lowest BCUT2D eigenvalue weighted by atomic mass is 10.0. The van der Waals surface area contributed by atoms with Gasteiger partial charge >= 0.3 is 0 Å². The molecule has 1 aliphatic heterocycles. The van der Waals surface area contributed by atoms with Crippen molar-refractivity contribution in [2.75, 3.05) is 20.1 Å². The quantitative estimate of drug-likeness (QED) is 0.655. The molecule has 30 heavy (non-hydrogen) atoms. The molecule has 3 aromatic rings. The van der Waals surface area contributed by atoms with Crippen LogP contribution < -0.4 is 10.9 Å². The Morgan fingerprint density at radius 1 is 1.30 bits per heavy atom. The van der Waals surface area contributed by atoms with Crippen molar-refractivity contribution in [3.05, 3.63) is 75.5 Å². The van der Waals surface area contributed by atoms with Gasteiger partial charge in [-0.05, 0) is 41.3 Å². The van der Waals surface area contributed by atoms with Crippen LogP contribution in [0.3, 0.4) is 0 Å². The Balaban J connectivity index is 1.45. The van der Waals surface area contributed by atoms with Crippen molar-refractivity contribution in [1.82, 2.24) is 25.2 Å². The summed E-state index contributed by atoms with van der Waals surface area (Å²) in [6.45, 7) is 2.43. The molecule has 2 N–H and O–H groups in total. The number of aromatic amines is 1. The number of hydrogen-bond donors (Lipinski definition) is 2. The third kappa shape index (κ3) is 4.00. The van der Waals surface area contributed by atoms with Gasteiger partial charge in [0.2, 0.25) is 0 Å². The zero-order valence-corrected chi connectivity index (χ0v) is 16.6. The van der Waals surface area contributed by atoms with Crippen molar-refractivity contribution < 1.29 is 4.79 Å². The summed E-state index contributed by atoms with van der Waals surface area (Å²) in [4.78, 5) is 37.4. The fourth-order valence-electron chi connectivity index (χ4n) is 3.54. The number of nitrogens with zero attached hydrogens (tertiary/aromatic N) is 3. The molecule has 0 fully saturated rings. The molecule has 0 radical (unpaired) electrons. The Labute approximate surface area is 173 Å². The Morgan fingerprint density at radius 3 is 2.83 bits per heavy atom. The predicted octanol–water partition coefficient (Wildman–Crippen LogP) is 1.95. The molecule has 7 nitrogen and oxygen atoms in total. The summed E-state index contributed by atoms with van der Waals surface area (Å²) >= 11 is 0. The molecule has 0 aromatic carbocycles. The summed E-state index contributed by atoms with van der Waals surface area (Å²) < 4.78 is 0. The fraction of sp³-hybridized carbons (Fsp3) is 0.217. The van der Waals surface area contributed by atoms with Crippen LogP contribution in [-0.4, -0.2) is 45.9 Å². The van der Waals surface area contributed by atoms with Crippen LogP contribution in [0, 0.1) is 12.3 Å². The van der Waals surface area contributed by atoms with Crippen LogP contribution in [0.4, 0.5) is 0 Å². The van der Waals surface area contributed by atoms with Gasteiger partial charge in [-0.25, -0.2) is 0 Å². The molecule has 1 amide bonds. The van der Waals surface area contributed by atoms with Crippen LogP contribution in [0.1, 0.15) is 33.6 Å². The van der Waals surface area contributed by atoms with Gasteiger partial charge < -0.3 is 10.3 Å². The largest absolute Gasteiger partial charge is 0.354 e. The number of nitrogens with one attached hydrogen (secondary N) is 2. The van der Waals surface area contributed by atoms with E-state index in [1.807, 2.05) is 18.3 Å². The molecule has 0 unspecified atom stereocenters. The monoisotopic (exact) mass is 399 g/mol. The minimum Gasteiger partial charge on any atom is -0.354 e. The Kier molecular flexibility index (Phi) is 5.42. The second-order valence-electron chi connectivity index (χ2n) is 7.16. The van der Waals surface area contributed by atoms with Gasteiger partial charge in [0.05, 0.1) is 16.6 Å². The average Bonchev–Trinajstić information content (AvgIpc) is 2.78. The summed E-state index contributed by atoms with van der Waals surface area (Å²) in [6, 6.07) is 7.27. The predicted molar refractivity (Wildman–Crippen MR) is 116 cm³/mol. The van der Waals surface area contributed by atoms with Crippen molar-refractivity contribution >= 4 is 22.5 Å². The normalized spacial score (nSPS) is 14.2. The third-order valence-electron chi connectivity index (χ3n) is 5.20. The number of hydrogen-bond acceptors (Lipinski definition) is 5. The fourth-order valence-corrected chi connectivity index (χ4v) is 3.54. The highest BCUT2D eigenvalue weighted by Crippen LogP contribution is 2.23. The number of carbonyl (C=O) groups is 1. The zero-order valence-electron chi connectivity index (χ0n) is 16.6. The van der Waals surface area contributed by atoms with Crippen molar-refractivity contribution in [2.45, 2.75) is 13.0 Å². The molecule has 4 heterocycles. The number of pyridine rings is 3. The van der Waals surface area contributed by atoms with Crippen LogP contribution in [-0.2, 0) is 6.54 Å². The van der Waals surface area contributed by atoms with Crippen molar-refractivity contribution in [1.29, 1.82) is 0 Å². The number of aromatic nitrogens is 3. The van der Waals surface area contributed by atoms with E-state index >= 15 is 0 Å². The van der Waals surface area contributed by atoms with Crippen LogP contribution >= 0.6 is 0 Å². The van der Waals surface area contributed by atoms with E-state index in [1.165, 1.54) is 5.57 Å². The van der Waals surface area contributed by atoms with E-state index < -0.39 is 0 Å². The number of fused-ring (bicyclic) bond motifs is 1. The molecule has 1 aliphatic rings. The van der Waals surface area contributed by atoms with Crippen LogP contribution in [0.25, 0.3) is 16.6 Å². The molecule has 0 spiro atoms. The first-order valence-corrected chi connectivity index (χ1v) is 9.66. The SMILES string of the molecule is C#Cc1cc2ncc(CN3CC=C(c4ccc(C(=O)NC)nc4)CC3)cc2[nH]c1=O. The summed E-state index contributed by atoms with van der Waals surface area (Å²) in [6.07, 6.45) is 12.0.